The third kappa shape index (κ3) is 3.06. The van der Waals surface area contributed by atoms with E-state index >= 15 is 0 Å². The van der Waals surface area contributed by atoms with Crippen LogP contribution < -0.4 is 5.32 Å². The fraction of sp³-hybridized carbons (Fsp3) is 0.636. The lowest BCUT2D eigenvalue weighted by Crippen LogP contribution is -2.13. The Balaban J connectivity index is 1.89. The molecule has 16 heavy (non-hydrogen) atoms. The molecule has 2 rings (SSSR count). The molecule has 1 aliphatic carbocycles. The van der Waals surface area contributed by atoms with Crippen LogP contribution in [-0.4, -0.2) is 27.7 Å². The van der Waals surface area contributed by atoms with Crippen LogP contribution in [0.1, 0.15) is 25.0 Å². The Bertz CT molecular complexity index is 352. The van der Waals surface area contributed by atoms with Crippen LogP contribution in [0.2, 0.25) is 5.28 Å². The molecule has 0 radical (unpaired) electrons. The molecule has 5 heteroatoms. The zero-order valence-corrected chi connectivity index (χ0v) is 10.0. The zero-order chi connectivity index (χ0) is 11.5. The van der Waals surface area contributed by atoms with E-state index in [1.165, 1.54) is 0 Å². The van der Waals surface area contributed by atoms with Crippen molar-refractivity contribution in [3.63, 3.8) is 0 Å². The van der Waals surface area contributed by atoms with Crippen LogP contribution in [0.5, 0.6) is 0 Å². The fourth-order valence-electron chi connectivity index (χ4n) is 2.11. The van der Waals surface area contributed by atoms with Gasteiger partial charge in [0.1, 0.15) is 5.82 Å². The maximum atomic E-state index is 9.41. The van der Waals surface area contributed by atoms with Gasteiger partial charge in [0.25, 0.3) is 0 Å². The molecular weight excluding hydrogens is 226 g/mol. The van der Waals surface area contributed by atoms with Gasteiger partial charge in [0.05, 0.1) is 6.10 Å². The molecule has 1 heterocycles. The summed E-state index contributed by atoms with van der Waals surface area (Å²) in [5.74, 6) is 1.29. The van der Waals surface area contributed by atoms with E-state index in [0.717, 1.165) is 37.3 Å². The zero-order valence-electron chi connectivity index (χ0n) is 9.28. The maximum Gasteiger partial charge on any atom is 0.224 e. The first-order chi connectivity index (χ1) is 7.63. The summed E-state index contributed by atoms with van der Waals surface area (Å²) in [5.41, 5.74) is 0.856. The van der Waals surface area contributed by atoms with E-state index < -0.39 is 0 Å². The predicted molar refractivity (Wildman–Crippen MR) is 63.6 cm³/mol. The average molecular weight is 242 g/mol. The van der Waals surface area contributed by atoms with E-state index in [4.69, 9.17) is 11.6 Å². The van der Waals surface area contributed by atoms with E-state index in [-0.39, 0.29) is 11.4 Å². The number of halogens is 1. The van der Waals surface area contributed by atoms with E-state index in [9.17, 15) is 5.11 Å². The van der Waals surface area contributed by atoms with Gasteiger partial charge >= 0.3 is 0 Å². The summed E-state index contributed by atoms with van der Waals surface area (Å²) in [5, 5.41) is 12.9. The van der Waals surface area contributed by atoms with Crippen molar-refractivity contribution in [3.05, 3.63) is 17.0 Å². The summed E-state index contributed by atoms with van der Waals surface area (Å²) < 4.78 is 0. The molecule has 1 fully saturated rings. The van der Waals surface area contributed by atoms with Crippen molar-refractivity contribution in [1.82, 2.24) is 9.97 Å². The predicted octanol–water partition coefficient (Wildman–Crippen LogP) is 2.01. The Morgan fingerprint density at radius 1 is 1.50 bits per heavy atom. The summed E-state index contributed by atoms with van der Waals surface area (Å²) >= 11 is 5.77. The molecule has 1 aromatic rings. The number of aryl methyl sites for hydroxylation is 1. The number of aliphatic hydroxyl groups is 1. The average Bonchev–Trinajstić information content (AvgIpc) is 2.60. The fourth-order valence-corrected chi connectivity index (χ4v) is 2.33. The molecule has 0 amide bonds. The molecule has 4 nitrogen and oxygen atoms in total. The van der Waals surface area contributed by atoms with E-state index in [1.807, 2.05) is 13.0 Å². The van der Waals surface area contributed by atoms with Crippen molar-refractivity contribution in [2.75, 3.05) is 11.9 Å². The Hall–Kier alpha value is -0.870. The SMILES string of the molecule is Cc1cc(NCC2CCC(O)C2)nc(Cl)n1. The second-order valence-electron chi connectivity index (χ2n) is 4.38. The molecular formula is C11H16ClN3O. The molecule has 0 aromatic carbocycles. The highest BCUT2D eigenvalue weighted by atomic mass is 35.5. The van der Waals surface area contributed by atoms with Gasteiger partial charge in [-0.3, -0.25) is 0 Å². The van der Waals surface area contributed by atoms with Crippen LogP contribution in [0.15, 0.2) is 6.07 Å². The lowest BCUT2D eigenvalue weighted by molar-refractivity contribution is 0.178. The summed E-state index contributed by atoms with van der Waals surface area (Å²) in [6, 6.07) is 1.87. The van der Waals surface area contributed by atoms with Crippen molar-refractivity contribution in [1.29, 1.82) is 0 Å². The molecule has 1 saturated carbocycles. The first-order valence-corrected chi connectivity index (χ1v) is 5.94. The van der Waals surface area contributed by atoms with Gasteiger partial charge in [-0.15, -0.1) is 0 Å². The van der Waals surface area contributed by atoms with E-state index in [0.29, 0.717) is 5.92 Å². The topological polar surface area (TPSA) is 58.0 Å². The highest BCUT2D eigenvalue weighted by molar-refractivity contribution is 6.28. The minimum absolute atomic E-state index is 0.123. The standard InChI is InChI=1S/C11H16ClN3O/c1-7-4-10(15-11(12)14-7)13-6-8-2-3-9(16)5-8/h4,8-9,16H,2-3,5-6H2,1H3,(H,13,14,15). The summed E-state index contributed by atoms with van der Waals surface area (Å²) in [6.07, 6.45) is 2.75. The highest BCUT2D eigenvalue weighted by Gasteiger charge is 2.22. The lowest BCUT2D eigenvalue weighted by atomic mass is 10.1. The second-order valence-corrected chi connectivity index (χ2v) is 4.72. The Morgan fingerprint density at radius 3 is 2.94 bits per heavy atom. The van der Waals surface area contributed by atoms with Gasteiger partial charge in [0.15, 0.2) is 0 Å². The molecule has 0 bridgehead atoms. The maximum absolute atomic E-state index is 9.41. The van der Waals surface area contributed by atoms with Gasteiger partial charge in [-0.2, -0.15) is 0 Å². The van der Waals surface area contributed by atoms with Crippen LogP contribution in [0, 0.1) is 12.8 Å². The minimum Gasteiger partial charge on any atom is -0.393 e. The van der Waals surface area contributed by atoms with Crippen molar-refractivity contribution in [3.8, 4) is 0 Å². The van der Waals surface area contributed by atoms with Crippen molar-refractivity contribution >= 4 is 17.4 Å². The normalized spacial score (nSPS) is 24.7. The Labute approximate surface area is 100 Å². The molecule has 2 unspecified atom stereocenters. The summed E-state index contributed by atoms with van der Waals surface area (Å²) in [6.45, 7) is 2.72. The third-order valence-electron chi connectivity index (χ3n) is 2.91. The molecule has 2 N–H and O–H groups in total. The van der Waals surface area contributed by atoms with Gasteiger partial charge in [-0.05, 0) is 43.7 Å². The summed E-state index contributed by atoms with van der Waals surface area (Å²) in [4.78, 5) is 8.10. The number of aliphatic hydroxyl groups excluding tert-OH is 1. The van der Waals surface area contributed by atoms with Crippen LogP contribution in [0.3, 0.4) is 0 Å². The number of nitrogens with zero attached hydrogens (tertiary/aromatic N) is 2. The highest BCUT2D eigenvalue weighted by Crippen LogP contribution is 2.25. The third-order valence-corrected chi connectivity index (χ3v) is 3.08. The van der Waals surface area contributed by atoms with Gasteiger partial charge in [0, 0.05) is 18.3 Å². The molecule has 0 saturated heterocycles. The van der Waals surface area contributed by atoms with Crippen LogP contribution in [-0.2, 0) is 0 Å². The van der Waals surface area contributed by atoms with Crippen LogP contribution in [0.25, 0.3) is 0 Å². The molecule has 0 spiro atoms. The van der Waals surface area contributed by atoms with Crippen LogP contribution >= 0.6 is 11.6 Å². The number of nitrogens with one attached hydrogen (secondary N) is 1. The van der Waals surface area contributed by atoms with Gasteiger partial charge < -0.3 is 10.4 Å². The number of hydrogen-bond donors (Lipinski definition) is 2. The monoisotopic (exact) mass is 241 g/mol. The molecule has 1 aliphatic rings. The van der Waals surface area contributed by atoms with Crippen molar-refractivity contribution in [2.24, 2.45) is 5.92 Å². The number of aromatic nitrogens is 2. The van der Waals surface area contributed by atoms with Crippen LogP contribution in [0.4, 0.5) is 5.82 Å². The number of hydrogen-bond acceptors (Lipinski definition) is 4. The first-order valence-electron chi connectivity index (χ1n) is 5.56. The summed E-state index contributed by atoms with van der Waals surface area (Å²) in [7, 11) is 0. The van der Waals surface area contributed by atoms with E-state index in [2.05, 4.69) is 15.3 Å². The van der Waals surface area contributed by atoms with Gasteiger partial charge in [-0.1, -0.05) is 0 Å². The van der Waals surface area contributed by atoms with Crippen molar-refractivity contribution < 1.29 is 5.11 Å². The smallest absolute Gasteiger partial charge is 0.224 e. The molecule has 1 aromatic heterocycles. The molecule has 88 valence electrons. The first kappa shape index (κ1) is 11.6. The van der Waals surface area contributed by atoms with Gasteiger partial charge in [-0.25, -0.2) is 9.97 Å². The second kappa shape index (κ2) is 4.97. The number of rotatable bonds is 3. The Kier molecular flexibility index (Phi) is 3.61. The number of anilines is 1. The lowest BCUT2D eigenvalue weighted by Gasteiger charge is -2.11. The van der Waals surface area contributed by atoms with Crippen molar-refractivity contribution in [2.45, 2.75) is 32.3 Å². The molecule has 0 aliphatic heterocycles. The minimum atomic E-state index is -0.123. The van der Waals surface area contributed by atoms with Gasteiger partial charge in [0.2, 0.25) is 5.28 Å². The Morgan fingerprint density at radius 2 is 2.31 bits per heavy atom. The van der Waals surface area contributed by atoms with E-state index in [1.54, 1.807) is 0 Å². The quantitative estimate of drug-likeness (QED) is 0.795. The largest absolute Gasteiger partial charge is 0.393 e. The molecule has 2 atom stereocenters.